The van der Waals surface area contributed by atoms with Gasteiger partial charge in [0.2, 0.25) is 0 Å². The molecule has 344 valence electrons. The van der Waals surface area contributed by atoms with E-state index in [-0.39, 0.29) is 0 Å². The summed E-state index contributed by atoms with van der Waals surface area (Å²) in [6.45, 7) is 44.6. The summed E-state index contributed by atoms with van der Waals surface area (Å²) in [5, 5.41) is 0. The number of hydrogen-bond donors (Lipinski definition) is 0. The molecular weight excluding hydrogens is 1010 g/mol. The van der Waals surface area contributed by atoms with Gasteiger partial charge in [-0.05, 0) is 179 Å². The summed E-state index contributed by atoms with van der Waals surface area (Å²) in [7, 11) is -32.4. The predicted octanol–water partition coefficient (Wildman–Crippen LogP) is 6.17. The van der Waals surface area contributed by atoms with E-state index in [0.29, 0.717) is 0 Å². The first-order chi connectivity index (χ1) is 26.2. The summed E-state index contributed by atoms with van der Waals surface area (Å²) in [6.07, 6.45) is 0. The van der Waals surface area contributed by atoms with Crippen LogP contribution in [0.4, 0.5) is 0 Å². The van der Waals surface area contributed by atoms with Gasteiger partial charge in [0.15, 0.2) is 33.3 Å². The first-order valence-electron chi connectivity index (χ1n) is 21.7. The van der Waals surface area contributed by atoms with Crippen LogP contribution in [-0.2, 0) is 57.6 Å². The van der Waals surface area contributed by atoms with Gasteiger partial charge in [0.05, 0.1) is 0 Å². The second kappa shape index (κ2) is 22.1. The van der Waals surface area contributed by atoms with Crippen molar-refractivity contribution in [2.24, 2.45) is 0 Å². The first-order valence-corrected chi connectivity index (χ1v) is 61.0. The zero-order valence-electron chi connectivity index (χ0n) is 40.0. The molecule has 3 aliphatic rings. The van der Waals surface area contributed by atoms with Crippen LogP contribution >= 0.6 is 0 Å². The molecule has 3 rings (SSSR count). The molecule has 0 bridgehead atoms. The van der Waals surface area contributed by atoms with E-state index in [9.17, 15) is 0 Å². The van der Waals surface area contributed by atoms with Gasteiger partial charge in [0.25, 0.3) is 55.7 Å². The fourth-order valence-electron chi connectivity index (χ4n) is 8.51. The van der Waals surface area contributed by atoms with Crippen LogP contribution in [0.5, 0.6) is 0 Å². The van der Waals surface area contributed by atoms with E-state index in [4.69, 9.17) is 57.6 Å². The molecule has 0 aliphatic carbocycles. The third-order valence-corrected chi connectivity index (χ3v) is 70.8. The van der Waals surface area contributed by atoms with Crippen molar-refractivity contribution in [3.8, 4) is 0 Å². The summed E-state index contributed by atoms with van der Waals surface area (Å²) >= 11 is 0. The summed E-state index contributed by atoms with van der Waals surface area (Å²) < 4.78 is 93.0. The molecule has 3 fully saturated rings. The SMILES string of the molecule is C[SiH]1O[SiH](C)O[Si](C)(CC[Si](C)(C)O[Si](C)(C)CC[Si]2(C)O[SiH](C)O[Si](C)(CC[Si](C)(C)O[Si](C)(C)CC[Si]3(C)O[SiH](C)O[SiH](C)O[SiH](C)O3)O[SiH](C)O2)O[SiH](C)O1. The summed E-state index contributed by atoms with van der Waals surface area (Å²) in [6, 6.07) is 7.62. The highest BCUT2D eigenvalue weighted by molar-refractivity contribution is 6.91. The molecule has 30 heteroatoms. The molecule has 0 spiro atoms. The van der Waals surface area contributed by atoms with Crippen LogP contribution in [0.15, 0.2) is 0 Å². The van der Waals surface area contributed by atoms with Gasteiger partial charge in [-0.25, -0.2) is 0 Å². The van der Waals surface area contributed by atoms with Crippen LogP contribution in [0.1, 0.15) is 0 Å². The highest BCUT2D eigenvalue weighted by atomic mass is 28.5. The molecule has 14 nitrogen and oxygen atoms in total. The van der Waals surface area contributed by atoms with E-state index in [1.165, 1.54) is 0 Å². The molecule has 4 atom stereocenters. The van der Waals surface area contributed by atoms with Crippen molar-refractivity contribution in [1.82, 2.24) is 0 Å². The van der Waals surface area contributed by atoms with Crippen molar-refractivity contribution in [1.29, 1.82) is 0 Å². The van der Waals surface area contributed by atoms with Gasteiger partial charge in [-0.1, -0.05) is 0 Å². The first kappa shape index (κ1) is 55.2. The van der Waals surface area contributed by atoms with Crippen molar-refractivity contribution in [3.05, 3.63) is 0 Å². The van der Waals surface area contributed by atoms with Gasteiger partial charge in [0.1, 0.15) is 0 Å². The van der Waals surface area contributed by atoms with Gasteiger partial charge in [-0.3, -0.25) is 0 Å². The van der Waals surface area contributed by atoms with E-state index in [0.717, 1.165) is 48.4 Å². The normalized spacial score (nSPS) is 39.5. The van der Waals surface area contributed by atoms with Crippen LogP contribution in [0, 0.1) is 0 Å². The molecular formula is C28H84O14Si16. The molecule has 0 saturated carbocycles. The van der Waals surface area contributed by atoms with Crippen molar-refractivity contribution < 1.29 is 57.6 Å². The van der Waals surface area contributed by atoms with Crippen molar-refractivity contribution >= 4 is 142 Å². The lowest BCUT2D eigenvalue weighted by molar-refractivity contribution is 0.257. The molecule has 3 aliphatic heterocycles. The van der Waals surface area contributed by atoms with E-state index in [1.807, 2.05) is 0 Å². The van der Waals surface area contributed by atoms with Gasteiger partial charge >= 0.3 is 52.8 Å². The maximum atomic E-state index is 7.15. The Balaban J connectivity index is 1.53. The van der Waals surface area contributed by atoms with Crippen LogP contribution in [0.2, 0.25) is 179 Å². The maximum absolute atomic E-state index is 7.15. The molecule has 4 unspecified atom stereocenters. The topological polar surface area (TPSA) is 129 Å². The molecule has 0 N–H and O–H groups in total. The highest BCUT2D eigenvalue weighted by Crippen LogP contribution is 2.35. The summed E-state index contributed by atoms with van der Waals surface area (Å²) in [4.78, 5) is 0. The average molecular weight is 1090 g/mol. The smallest absolute Gasteiger partial charge is 0.316 e. The summed E-state index contributed by atoms with van der Waals surface area (Å²) in [5.74, 6) is 0. The Labute approximate surface area is 375 Å². The van der Waals surface area contributed by atoms with Crippen LogP contribution < -0.4 is 0 Å². The Morgan fingerprint density at radius 3 is 0.672 bits per heavy atom. The molecule has 3 heterocycles. The Bertz CT molecular complexity index is 1160. The minimum Gasteiger partial charge on any atom is -0.456 e. The van der Waals surface area contributed by atoms with Crippen LogP contribution in [-0.4, -0.2) is 142 Å². The molecule has 0 aromatic carbocycles. The Morgan fingerprint density at radius 2 is 0.483 bits per heavy atom. The number of rotatable bonds is 16. The molecule has 0 radical (unpaired) electrons. The van der Waals surface area contributed by atoms with Crippen LogP contribution in [0.25, 0.3) is 0 Å². The standard InChI is InChI=1S/C28H84O14Si16/c1-43-29-45(3)33-55(17,34-46(4)30-43)25-21-51(9,10)41-53(13,14)23-27-57(19)37-49(7)39-58(20,40-50(8)38-57)28-24-54(15,16)42-52(11,12)22-26-56(18)35-47(5)31-44(2)32-48(6)36-56/h43-50H,21-28H2,1-20H3. The van der Waals surface area contributed by atoms with E-state index in [1.54, 1.807) is 0 Å². The second-order valence-electron chi connectivity index (χ2n) is 19.8. The van der Waals surface area contributed by atoms with Crippen molar-refractivity contribution in [2.75, 3.05) is 0 Å². The monoisotopic (exact) mass is 1090 g/mol. The fourth-order valence-corrected chi connectivity index (χ4v) is 82.6. The lowest BCUT2D eigenvalue weighted by Gasteiger charge is -2.44. The zero-order valence-corrected chi connectivity index (χ0v) is 57.2. The van der Waals surface area contributed by atoms with E-state index >= 15 is 0 Å². The van der Waals surface area contributed by atoms with Crippen molar-refractivity contribution in [2.45, 2.75) is 179 Å². The quantitative estimate of drug-likeness (QED) is 0.164. The number of hydrogen-bond acceptors (Lipinski definition) is 14. The third-order valence-electron chi connectivity index (χ3n) is 10.7. The Hall–Kier alpha value is 2.91. The third kappa shape index (κ3) is 20.2. The zero-order chi connectivity index (χ0) is 44.2. The lowest BCUT2D eigenvalue weighted by Crippen LogP contribution is -2.59. The predicted molar refractivity (Wildman–Crippen MR) is 274 cm³/mol. The van der Waals surface area contributed by atoms with Gasteiger partial charge in [-0.15, -0.1) is 0 Å². The Morgan fingerprint density at radius 1 is 0.310 bits per heavy atom. The maximum Gasteiger partial charge on any atom is 0.316 e. The average Bonchev–Trinajstić information content (AvgIpc) is 2.98. The second-order valence-corrected chi connectivity index (χ2v) is 69.6. The minimum atomic E-state index is -2.54. The largest absolute Gasteiger partial charge is 0.456 e. The van der Waals surface area contributed by atoms with Gasteiger partial charge < -0.3 is 57.6 Å². The van der Waals surface area contributed by atoms with E-state index < -0.39 is 142 Å². The molecule has 58 heavy (non-hydrogen) atoms. The van der Waals surface area contributed by atoms with Gasteiger partial charge in [0, 0.05) is 0 Å². The Kier molecular flexibility index (Phi) is 21.1. The molecule has 3 saturated heterocycles. The lowest BCUT2D eigenvalue weighted by atomic mass is 10.9. The van der Waals surface area contributed by atoms with E-state index in [2.05, 4.69) is 131 Å². The molecule has 0 amide bonds. The highest BCUT2D eigenvalue weighted by Gasteiger charge is 2.49. The van der Waals surface area contributed by atoms with Gasteiger partial charge in [-0.2, -0.15) is 0 Å². The molecule has 0 aromatic rings. The summed E-state index contributed by atoms with van der Waals surface area (Å²) in [5.41, 5.74) is 0. The fraction of sp³-hybridized carbons (Fsp3) is 1.00. The van der Waals surface area contributed by atoms with Crippen molar-refractivity contribution in [3.63, 3.8) is 0 Å². The van der Waals surface area contributed by atoms with Crippen LogP contribution in [0.3, 0.4) is 0 Å². The molecule has 0 aromatic heterocycles. The minimum absolute atomic E-state index is 0.895.